The van der Waals surface area contributed by atoms with Crippen molar-refractivity contribution in [3.8, 4) is 0 Å². The molecule has 1 aliphatic heterocycles. The highest BCUT2D eigenvalue weighted by molar-refractivity contribution is 7.13. The summed E-state index contributed by atoms with van der Waals surface area (Å²) in [5.74, 6) is 1.14. The molecule has 2 aromatic heterocycles. The summed E-state index contributed by atoms with van der Waals surface area (Å²) in [6.45, 7) is 5.11. The molecule has 0 saturated carbocycles. The Labute approximate surface area is 133 Å². The lowest BCUT2D eigenvalue weighted by atomic mass is 10.3. The van der Waals surface area contributed by atoms with E-state index in [1.165, 1.54) is 5.52 Å². The zero-order valence-corrected chi connectivity index (χ0v) is 13.5. The van der Waals surface area contributed by atoms with Crippen LogP contribution in [0.5, 0.6) is 0 Å². The number of benzene rings is 1. The van der Waals surface area contributed by atoms with Gasteiger partial charge in [0.05, 0.1) is 17.6 Å². The molecule has 3 aromatic rings. The molecule has 6 heteroatoms. The largest absolute Gasteiger partial charge is 0.346 e. The first-order chi connectivity index (χ1) is 10.8. The Kier molecular flexibility index (Phi) is 3.56. The summed E-state index contributed by atoms with van der Waals surface area (Å²) >= 11 is 1.72. The lowest BCUT2D eigenvalue weighted by Crippen LogP contribution is -2.46. The van der Waals surface area contributed by atoms with Crippen LogP contribution < -0.4 is 4.90 Å². The number of hydrogen-bond donors (Lipinski definition) is 0. The van der Waals surface area contributed by atoms with Gasteiger partial charge in [-0.2, -0.15) is 0 Å². The van der Waals surface area contributed by atoms with Gasteiger partial charge in [-0.1, -0.05) is 12.1 Å². The van der Waals surface area contributed by atoms with Gasteiger partial charge in [0.2, 0.25) is 0 Å². The van der Waals surface area contributed by atoms with E-state index in [-0.39, 0.29) is 0 Å². The molecule has 5 nitrogen and oxygen atoms in total. The first-order valence-electron chi connectivity index (χ1n) is 7.58. The fourth-order valence-electron chi connectivity index (χ4n) is 3.01. The van der Waals surface area contributed by atoms with Crippen LogP contribution in [0.1, 0.15) is 5.82 Å². The van der Waals surface area contributed by atoms with E-state index in [0.717, 1.165) is 49.2 Å². The molecular formula is C16H19N5S. The van der Waals surface area contributed by atoms with Crippen molar-refractivity contribution >= 4 is 27.5 Å². The number of para-hydroxylation sites is 2. The van der Waals surface area contributed by atoms with Crippen molar-refractivity contribution in [2.45, 2.75) is 6.54 Å². The molecule has 1 fully saturated rings. The lowest BCUT2D eigenvalue weighted by Gasteiger charge is -2.34. The third-order valence-electron chi connectivity index (χ3n) is 4.31. The van der Waals surface area contributed by atoms with E-state index in [0.29, 0.717) is 0 Å². The minimum Gasteiger partial charge on any atom is -0.346 e. The zero-order chi connectivity index (χ0) is 14.9. The zero-order valence-electron chi connectivity index (χ0n) is 12.6. The molecule has 1 aromatic carbocycles. The van der Waals surface area contributed by atoms with Gasteiger partial charge in [-0.15, -0.1) is 11.3 Å². The van der Waals surface area contributed by atoms with Crippen LogP contribution >= 0.6 is 11.3 Å². The van der Waals surface area contributed by atoms with Crippen LogP contribution in [0, 0.1) is 0 Å². The van der Waals surface area contributed by atoms with Crippen molar-refractivity contribution in [2.24, 2.45) is 7.05 Å². The second-order valence-corrected chi connectivity index (χ2v) is 6.53. The second-order valence-electron chi connectivity index (χ2n) is 5.65. The number of piperazine rings is 1. The van der Waals surface area contributed by atoms with Crippen LogP contribution in [0.3, 0.4) is 0 Å². The first-order valence-corrected chi connectivity index (χ1v) is 8.46. The van der Waals surface area contributed by atoms with Crippen LogP contribution in [0.25, 0.3) is 11.0 Å². The summed E-state index contributed by atoms with van der Waals surface area (Å²) in [6, 6.07) is 8.33. The Bertz CT molecular complexity index is 756. The summed E-state index contributed by atoms with van der Waals surface area (Å²) < 4.78 is 2.21. The fraction of sp³-hybridized carbons (Fsp3) is 0.375. The SMILES string of the molecule is Cn1c(CN2CCN(c3nccs3)CC2)nc2ccccc21. The van der Waals surface area contributed by atoms with E-state index >= 15 is 0 Å². The van der Waals surface area contributed by atoms with E-state index < -0.39 is 0 Å². The van der Waals surface area contributed by atoms with Crippen LogP contribution in [0.15, 0.2) is 35.8 Å². The molecule has 4 rings (SSSR count). The highest BCUT2D eigenvalue weighted by Gasteiger charge is 2.20. The minimum atomic E-state index is 0.914. The average molecular weight is 313 g/mol. The smallest absolute Gasteiger partial charge is 0.185 e. The van der Waals surface area contributed by atoms with E-state index in [1.807, 2.05) is 17.6 Å². The molecule has 3 heterocycles. The molecule has 1 aliphatic rings. The topological polar surface area (TPSA) is 37.2 Å². The van der Waals surface area contributed by atoms with Gasteiger partial charge in [-0.3, -0.25) is 4.90 Å². The van der Waals surface area contributed by atoms with Crippen molar-refractivity contribution in [3.63, 3.8) is 0 Å². The number of aromatic nitrogens is 3. The number of fused-ring (bicyclic) bond motifs is 1. The third-order valence-corrected chi connectivity index (χ3v) is 5.14. The maximum Gasteiger partial charge on any atom is 0.185 e. The van der Waals surface area contributed by atoms with Crippen molar-refractivity contribution in [1.29, 1.82) is 0 Å². The summed E-state index contributed by atoms with van der Waals surface area (Å²) in [5.41, 5.74) is 2.29. The second kappa shape index (κ2) is 5.70. The molecule has 0 amide bonds. The number of anilines is 1. The number of aryl methyl sites for hydroxylation is 1. The number of hydrogen-bond acceptors (Lipinski definition) is 5. The molecule has 114 valence electrons. The average Bonchev–Trinajstić information content (AvgIpc) is 3.18. The molecule has 0 spiro atoms. The molecule has 0 atom stereocenters. The van der Waals surface area contributed by atoms with Gasteiger partial charge < -0.3 is 9.47 Å². The molecule has 0 bridgehead atoms. The predicted molar refractivity (Wildman–Crippen MR) is 90.3 cm³/mol. The minimum absolute atomic E-state index is 0.914. The quantitative estimate of drug-likeness (QED) is 0.744. The number of rotatable bonds is 3. The molecule has 0 radical (unpaired) electrons. The van der Waals surface area contributed by atoms with Gasteiger partial charge in [0.25, 0.3) is 0 Å². The van der Waals surface area contributed by atoms with Crippen molar-refractivity contribution in [2.75, 3.05) is 31.1 Å². The predicted octanol–water partition coefficient (Wildman–Crippen LogP) is 2.35. The summed E-state index contributed by atoms with van der Waals surface area (Å²) in [5, 5.41) is 3.18. The first kappa shape index (κ1) is 13.7. The summed E-state index contributed by atoms with van der Waals surface area (Å²) in [6.07, 6.45) is 1.88. The van der Waals surface area contributed by atoms with Gasteiger partial charge >= 0.3 is 0 Å². The molecule has 0 unspecified atom stereocenters. The number of thiazole rings is 1. The monoisotopic (exact) mass is 313 g/mol. The van der Waals surface area contributed by atoms with Crippen LogP contribution in [0.4, 0.5) is 5.13 Å². The standard InChI is InChI=1S/C16H19N5S/c1-19-14-5-3-2-4-13(14)18-15(19)12-20-7-9-21(10-8-20)16-17-6-11-22-16/h2-6,11H,7-10,12H2,1H3. The van der Waals surface area contributed by atoms with Gasteiger partial charge in [0, 0.05) is 44.8 Å². The lowest BCUT2D eigenvalue weighted by molar-refractivity contribution is 0.242. The van der Waals surface area contributed by atoms with E-state index in [1.54, 1.807) is 11.3 Å². The molecular weight excluding hydrogens is 294 g/mol. The van der Waals surface area contributed by atoms with E-state index in [2.05, 4.69) is 44.6 Å². The number of imidazole rings is 1. The molecule has 1 saturated heterocycles. The Morgan fingerprint density at radius 1 is 1.14 bits per heavy atom. The van der Waals surface area contributed by atoms with Crippen LogP contribution in [0.2, 0.25) is 0 Å². The van der Waals surface area contributed by atoms with E-state index in [9.17, 15) is 0 Å². The van der Waals surface area contributed by atoms with Gasteiger partial charge in [0.15, 0.2) is 5.13 Å². The van der Waals surface area contributed by atoms with Gasteiger partial charge in [-0.05, 0) is 12.1 Å². The summed E-state index contributed by atoms with van der Waals surface area (Å²) in [4.78, 5) is 14.0. The summed E-state index contributed by atoms with van der Waals surface area (Å²) in [7, 11) is 2.11. The van der Waals surface area contributed by atoms with Crippen LogP contribution in [-0.4, -0.2) is 45.6 Å². The molecule has 0 N–H and O–H groups in total. The Morgan fingerprint density at radius 3 is 2.68 bits per heavy atom. The highest BCUT2D eigenvalue weighted by Crippen LogP contribution is 2.20. The van der Waals surface area contributed by atoms with Crippen LogP contribution in [-0.2, 0) is 13.6 Å². The Hall–Kier alpha value is -1.92. The number of nitrogens with zero attached hydrogens (tertiary/aromatic N) is 5. The molecule has 22 heavy (non-hydrogen) atoms. The normalized spacial score (nSPS) is 16.5. The van der Waals surface area contributed by atoms with Gasteiger partial charge in [0.1, 0.15) is 5.82 Å². The fourth-order valence-corrected chi connectivity index (χ4v) is 3.70. The van der Waals surface area contributed by atoms with Crippen molar-refractivity contribution in [1.82, 2.24) is 19.4 Å². The Balaban J connectivity index is 1.45. The maximum atomic E-state index is 4.77. The molecule has 0 aliphatic carbocycles. The third kappa shape index (κ3) is 2.48. The van der Waals surface area contributed by atoms with Crippen molar-refractivity contribution < 1.29 is 0 Å². The van der Waals surface area contributed by atoms with E-state index in [4.69, 9.17) is 4.98 Å². The Morgan fingerprint density at radius 2 is 1.95 bits per heavy atom. The maximum absolute atomic E-state index is 4.77. The highest BCUT2D eigenvalue weighted by atomic mass is 32.1. The van der Waals surface area contributed by atoms with Crippen molar-refractivity contribution in [3.05, 3.63) is 41.7 Å². The van der Waals surface area contributed by atoms with Gasteiger partial charge in [-0.25, -0.2) is 9.97 Å².